The predicted molar refractivity (Wildman–Crippen MR) is 204 cm³/mol. The predicted octanol–water partition coefficient (Wildman–Crippen LogP) is 3.27. The van der Waals surface area contributed by atoms with Gasteiger partial charge < -0.3 is 50.5 Å². The number of H-pyrrole nitrogens is 1. The molecule has 0 radical (unpaired) electrons. The molecule has 6 N–H and O–H groups in total. The molecule has 15 heteroatoms. The van der Waals surface area contributed by atoms with Crippen molar-refractivity contribution in [1.82, 2.24) is 31.2 Å². The minimum atomic E-state index is -1.44. The van der Waals surface area contributed by atoms with Crippen LogP contribution in [0.4, 0.5) is 0 Å². The Morgan fingerprint density at radius 2 is 1.64 bits per heavy atom. The summed E-state index contributed by atoms with van der Waals surface area (Å²) in [5.41, 5.74) is 1.99. The highest BCUT2D eigenvalue weighted by atomic mass is 16.5. The molecule has 5 amide bonds. The third-order valence-corrected chi connectivity index (χ3v) is 9.29. The fraction of sp³-hybridized carbons (Fsp3) is 0.375. The molecular formula is C40H48N6O9. The molecule has 0 saturated heterocycles. The number of methoxy groups -OCH3 is 2. The Morgan fingerprint density at radius 1 is 0.855 bits per heavy atom. The monoisotopic (exact) mass is 756 g/mol. The van der Waals surface area contributed by atoms with Crippen molar-refractivity contribution in [3.05, 3.63) is 83.6 Å². The first kappa shape index (κ1) is 40.1. The van der Waals surface area contributed by atoms with Crippen molar-refractivity contribution in [1.29, 1.82) is 0 Å². The highest BCUT2D eigenvalue weighted by Crippen LogP contribution is 2.37. The van der Waals surface area contributed by atoms with E-state index >= 15 is 0 Å². The Morgan fingerprint density at radius 3 is 2.36 bits per heavy atom. The van der Waals surface area contributed by atoms with Crippen LogP contribution in [0.15, 0.2) is 66.9 Å². The zero-order valence-corrected chi connectivity index (χ0v) is 31.6. The van der Waals surface area contributed by atoms with Crippen molar-refractivity contribution < 1.29 is 43.3 Å². The molecule has 1 aromatic heterocycles. The van der Waals surface area contributed by atoms with Crippen LogP contribution in [0, 0.1) is 5.92 Å². The molecule has 2 heterocycles. The van der Waals surface area contributed by atoms with Gasteiger partial charge in [-0.2, -0.15) is 0 Å². The molecule has 0 fully saturated rings. The number of rotatable bonds is 5. The number of aromatic nitrogens is 1. The van der Waals surface area contributed by atoms with Crippen LogP contribution in [0.3, 0.4) is 0 Å². The molecular weight excluding hydrogens is 708 g/mol. The van der Waals surface area contributed by atoms with E-state index in [-0.39, 0.29) is 31.3 Å². The van der Waals surface area contributed by atoms with Crippen LogP contribution in [0.2, 0.25) is 0 Å². The molecule has 15 nitrogen and oxygen atoms in total. The van der Waals surface area contributed by atoms with E-state index in [0.29, 0.717) is 46.8 Å². The molecule has 3 atom stereocenters. The molecule has 5 rings (SSSR count). The molecule has 4 aromatic rings. The van der Waals surface area contributed by atoms with E-state index in [9.17, 15) is 29.1 Å². The molecule has 1 aliphatic rings. The third kappa shape index (κ3) is 9.92. The van der Waals surface area contributed by atoms with E-state index in [1.165, 1.54) is 26.0 Å². The maximum absolute atomic E-state index is 13.8. The lowest BCUT2D eigenvalue weighted by molar-refractivity contribution is -0.135. The summed E-state index contributed by atoms with van der Waals surface area (Å²) in [5.74, 6) is -1.85. The number of ether oxygens (including phenoxy) is 3. The van der Waals surface area contributed by atoms with Gasteiger partial charge in [-0.1, -0.05) is 19.9 Å². The van der Waals surface area contributed by atoms with Gasteiger partial charge in [0.25, 0.3) is 11.8 Å². The van der Waals surface area contributed by atoms with E-state index in [0.717, 1.165) is 10.9 Å². The maximum Gasteiger partial charge on any atom is 0.254 e. The number of fused-ring (bicyclic) bond motifs is 4. The summed E-state index contributed by atoms with van der Waals surface area (Å²) in [6.07, 6.45) is 1.31. The maximum atomic E-state index is 13.8. The average molecular weight is 757 g/mol. The lowest BCUT2D eigenvalue weighted by Crippen LogP contribution is -2.59. The standard InChI is InChI=1S/C40H48N6O9/c1-23(2)35-38(50)43-21-28-30(53-4)9-8-10-31(28)55-33-20-26(12-14-32(33)54-5)37(49)42-16-6-7-18-46(22-34(48)44-36(24(3)47)39(51)45-35)40(52)27-11-13-29-25(19-27)15-17-41-29/h8-15,17,19-20,23-24,35-36,41,47H,6-7,16,18,21-22H2,1-5H3,(H,42,49)(H,43,50)(H,44,48)(H,45,51)/t24-,35-,36+/m1/s1. The summed E-state index contributed by atoms with van der Waals surface area (Å²) in [5, 5.41) is 22.4. The number of aromatic amines is 1. The summed E-state index contributed by atoms with van der Waals surface area (Å²) in [6, 6.07) is 14.4. The van der Waals surface area contributed by atoms with Crippen molar-refractivity contribution >= 4 is 40.4 Å². The van der Waals surface area contributed by atoms with E-state index in [4.69, 9.17) is 14.2 Å². The number of carbonyl (C=O) groups is 5. The number of benzene rings is 3. The number of aliphatic hydroxyl groups excluding tert-OH is 1. The van der Waals surface area contributed by atoms with Crippen molar-refractivity contribution in [2.24, 2.45) is 5.92 Å². The number of nitrogens with zero attached hydrogens (tertiary/aromatic N) is 1. The second kappa shape index (κ2) is 18.3. The van der Waals surface area contributed by atoms with Crippen LogP contribution < -0.4 is 35.5 Å². The van der Waals surface area contributed by atoms with Gasteiger partial charge in [0.1, 0.15) is 23.6 Å². The number of carbonyl (C=O) groups excluding carboxylic acids is 5. The van der Waals surface area contributed by atoms with Crippen LogP contribution in [-0.2, 0) is 20.9 Å². The van der Waals surface area contributed by atoms with Gasteiger partial charge in [-0.15, -0.1) is 0 Å². The lowest BCUT2D eigenvalue weighted by atomic mass is 10.0. The van der Waals surface area contributed by atoms with Crippen molar-refractivity contribution in [3.63, 3.8) is 0 Å². The van der Waals surface area contributed by atoms with Crippen molar-refractivity contribution in [2.75, 3.05) is 33.9 Å². The first-order chi connectivity index (χ1) is 26.4. The van der Waals surface area contributed by atoms with Crippen LogP contribution in [0.5, 0.6) is 23.0 Å². The van der Waals surface area contributed by atoms with E-state index < -0.39 is 54.3 Å². The first-order valence-electron chi connectivity index (χ1n) is 18.1. The van der Waals surface area contributed by atoms with E-state index in [1.54, 1.807) is 74.6 Å². The second-order valence-electron chi connectivity index (χ2n) is 13.6. The molecule has 1 aliphatic heterocycles. The highest BCUT2D eigenvalue weighted by Gasteiger charge is 2.32. The van der Waals surface area contributed by atoms with Crippen LogP contribution in [0.25, 0.3) is 10.9 Å². The third-order valence-electron chi connectivity index (χ3n) is 9.29. The molecule has 0 spiro atoms. The van der Waals surface area contributed by atoms with Gasteiger partial charge >= 0.3 is 0 Å². The zero-order valence-electron chi connectivity index (χ0n) is 31.6. The Hall–Kier alpha value is -6.09. The fourth-order valence-electron chi connectivity index (χ4n) is 6.24. The summed E-state index contributed by atoms with van der Waals surface area (Å²) in [7, 11) is 2.95. The molecule has 0 unspecified atom stereocenters. The van der Waals surface area contributed by atoms with Crippen molar-refractivity contribution in [3.8, 4) is 23.0 Å². The van der Waals surface area contributed by atoms with Gasteiger partial charge in [0, 0.05) is 41.3 Å². The number of amides is 5. The SMILES string of the molecule is COc1ccc2cc1Oc1cccc(OC)c1CNC(=O)[C@@H](C(C)C)NC(=O)[C@H]([C@@H](C)O)NC(=O)CN(C(=O)c1ccc3[nH]ccc3c1)CCCCNC2=O. The minimum Gasteiger partial charge on any atom is -0.496 e. The van der Waals surface area contributed by atoms with Gasteiger partial charge in [-0.3, -0.25) is 24.0 Å². The van der Waals surface area contributed by atoms with Crippen LogP contribution >= 0.6 is 0 Å². The van der Waals surface area contributed by atoms with Gasteiger partial charge in [0.05, 0.1) is 39.0 Å². The lowest BCUT2D eigenvalue weighted by Gasteiger charge is -2.28. The largest absolute Gasteiger partial charge is 0.496 e. The quantitative estimate of drug-likeness (QED) is 0.177. The van der Waals surface area contributed by atoms with Gasteiger partial charge in [0.15, 0.2) is 11.5 Å². The van der Waals surface area contributed by atoms with Crippen molar-refractivity contribution in [2.45, 2.75) is 58.3 Å². The number of hydrogen-bond donors (Lipinski definition) is 6. The highest BCUT2D eigenvalue weighted by molar-refractivity contribution is 6.00. The summed E-state index contributed by atoms with van der Waals surface area (Å²) in [4.78, 5) is 72.3. The summed E-state index contributed by atoms with van der Waals surface area (Å²) >= 11 is 0. The van der Waals surface area contributed by atoms with E-state index in [1.807, 2.05) is 6.07 Å². The Bertz CT molecular complexity index is 2030. The molecule has 55 heavy (non-hydrogen) atoms. The van der Waals surface area contributed by atoms with E-state index in [2.05, 4.69) is 26.3 Å². The van der Waals surface area contributed by atoms with Crippen LogP contribution in [0.1, 0.15) is 59.9 Å². The zero-order chi connectivity index (χ0) is 39.6. The topological polar surface area (TPSA) is 200 Å². The number of hydrogen-bond acceptors (Lipinski definition) is 9. The van der Waals surface area contributed by atoms with Gasteiger partial charge in [0.2, 0.25) is 17.7 Å². The summed E-state index contributed by atoms with van der Waals surface area (Å²) in [6.45, 7) is 4.76. The fourth-order valence-corrected chi connectivity index (χ4v) is 6.24. The normalized spacial score (nSPS) is 18.6. The molecule has 0 saturated carbocycles. The molecule has 2 bridgehead atoms. The average Bonchev–Trinajstić information content (AvgIpc) is 3.65. The summed E-state index contributed by atoms with van der Waals surface area (Å²) < 4.78 is 17.4. The Kier molecular flexibility index (Phi) is 13.3. The number of nitrogens with one attached hydrogen (secondary N) is 5. The first-order valence-corrected chi connectivity index (χ1v) is 18.1. The van der Waals surface area contributed by atoms with Gasteiger partial charge in [-0.25, -0.2) is 0 Å². The molecule has 292 valence electrons. The molecule has 0 aliphatic carbocycles. The van der Waals surface area contributed by atoms with Crippen LogP contribution in [-0.4, -0.2) is 96.6 Å². The second-order valence-corrected chi connectivity index (χ2v) is 13.6. The number of aliphatic hydroxyl groups is 1. The molecule has 3 aromatic carbocycles. The Labute approximate surface area is 319 Å². The Balaban J connectivity index is 1.46. The smallest absolute Gasteiger partial charge is 0.254 e. The minimum absolute atomic E-state index is 0.0722. The van der Waals surface area contributed by atoms with Gasteiger partial charge in [-0.05, 0) is 80.3 Å².